The number of benzene rings is 2. The lowest BCUT2D eigenvalue weighted by Gasteiger charge is -2.28. The van der Waals surface area contributed by atoms with Crippen LogP contribution in [0.2, 0.25) is 0 Å². The Hall–Kier alpha value is -4.50. The summed E-state index contributed by atoms with van der Waals surface area (Å²) in [6.45, 7) is 3.81. The molecule has 0 aliphatic carbocycles. The molecule has 4 amide bonds. The Balaban J connectivity index is 1.36. The zero-order valence-corrected chi connectivity index (χ0v) is 26.9. The normalized spacial score (nSPS) is 29.0. The fourth-order valence-corrected chi connectivity index (χ4v) is 6.52. The van der Waals surface area contributed by atoms with Crippen molar-refractivity contribution >= 4 is 34.5 Å². The van der Waals surface area contributed by atoms with Crippen LogP contribution in [0.4, 0.5) is 0 Å². The number of hydrogen-bond donors (Lipinski definition) is 7. The second-order valence-corrected chi connectivity index (χ2v) is 13.0. The van der Waals surface area contributed by atoms with Crippen LogP contribution in [-0.2, 0) is 46.2 Å². The average molecular weight is 663 g/mol. The number of carbonyl (C=O) groups excluding carboxylic acids is 4. The molecule has 14 heteroatoms. The highest BCUT2D eigenvalue weighted by Crippen LogP contribution is 2.37. The molecule has 48 heavy (non-hydrogen) atoms. The van der Waals surface area contributed by atoms with Crippen LogP contribution in [-0.4, -0.2) is 88.7 Å². The first-order chi connectivity index (χ1) is 23.0. The van der Waals surface area contributed by atoms with Gasteiger partial charge in [0, 0.05) is 29.9 Å². The van der Waals surface area contributed by atoms with Crippen molar-refractivity contribution in [2.45, 2.75) is 94.4 Å². The topological polar surface area (TPSA) is 206 Å². The number of phenols is 1. The highest BCUT2D eigenvalue weighted by molar-refractivity contribution is 5.96. The molecule has 7 atom stereocenters. The standard InChI is InChI=1S/C34H42N6O8/c1-34(2)47-28-26-27(46-33(28)48-34)32(45)39-24(15-18-10-12-20(41)13-11-18)30(43)38-25(16-19-17-36-22-8-4-3-7-21(19)22)31(44)37-23(29(42)40-26)9-5-6-14-35/h3-4,7-8,10-13,17,23-28,33,36,41H,5-6,9,14-16,35H2,1-2H3,(H,37,44)(H,38,43)(H,39,45)(H,40,42)/t23?,24?,25-,26+,27-,28?,33+/m0/s1. The molecule has 0 bridgehead atoms. The van der Waals surface area contributed by atoms with Gasteiger partial charge in [0.25, 0.3) is 5.91 Å². The molecule has 4 heterocycles. The first-order valence-corrected chi connectivity index (χ1v) is 16.3. The molecule has 8 N–H and O–H groups in total. The van der Waals surface area contributed by atoms with Crippen molar-refractivity contribution in [3.63, 3.8) is 0 Å². The van der Waals surface area contributed by atoms with E-state index >= 15 is 0 Å². The number of nitrogens with one attached hydrogen (secondary N) is 5. The van der Waals surface area contributed by atoms with E-state index in [1.807, 2.05) is 24.3 Å². The van der Waals surface area contributed by atoms with Crippen molar-refractivity contribution < 1.29 is 38.5 Å². The van der Waals surface area contributed by atoms with Crippen molar-refractivity contribution in [2.24, 2.45) is 5.73 Å². The third-order valence-corrected chi connectivity index (χ3v) is 8.94. The van der Waals surface area contributed by atoms with E-state index < -0.39 is 72.1 Å². The minimum absolute atomic E-state index is 0.0393. The second-order valence-electron chi connectivity index (χ2n) is 13.0. The van der Waals surface area contributed by atoms with Crippen LogP contribution in [0.3, 0.4) is 0 Å². The molecule has 3 fully saturated rings. The Bertz CT molecular complexity index is 1660. The lowest BCUT2D eigenvalue weighted by atomic mass is 10.0. The summed E-state index contributed by atoms with van der Waals surface area (Å²) in [5.74, 6) is -3.35. The molecule has 6 rings (SSSR count). The monoisotopic (exact) mass is 662 g/mol. The number of aromatic amines is 1. The van der Waals surface area contributed by atoms with Gasteiger partial charge in [-0.05, 0) is 69.0 Å². The summed E-state index contributed by atoms with van der Waals surface area (Å²) in [7, 11) is 0. The molecule has 3 aliphatic heterocycles. The van der Waals surface area contributed by atoms with Gasteiger partial charge in [-0.25, -0.2) is 0 Å². The molecule has 2 aromatic carbocycles. The Morgan fingerprint density at radius 2 is 1.46 bits per heavy atom. The number of para-hydroxylation sites is 1. The summed E-state index contributed by atoms with van der Waals surface area (Å²) < 4.78 is 17.9. The summed E-state index contributed by atoms with van der Waals surface area (Å²) in [4.78, 5) is 59.1. The van der Waals surface area contributed by atoms with E-state index in [0.717, 1.165) is 16.5 Å². The van der Waals surface area contributed by atoms with Gasteiger partial charge in [-0.3, -0.25) is 19.2 Å². The lowest BCUT2D eigenvalue weighted by Crippen LogP contribution is -2.58. The second kappa shape index (κ2) is 13.9. The maximum Gasteiger partial charge on any atom is 0.252 e. The van der Waals surface area contributed by atoms with Crippen LogP contribution in [0.1, 0.15) is 44.2 Å². The Morgan fingerprint density at radius 3 is 2.21 bits per heavy atom. The van der Waals surface area contributed by atoms with Crippen LogP contribution in [0.5, 0.6) is 5.75 Å². The van der Waals surface area contributed by atoms with Crippen LogP contribution in [0.25, 0.3) is 10.9 Å². The maximum atomic E-state index is 14.1. The van der Waals surface area contributed by atoms with E-state index in [4.69, 9.17) is 19.9 Å². The fourth-order valence-electron chi connectivity index (χ4n) is 6.52. The van der Waals surface area contributed by atoms with Gasteiger partial charge in [-0.15, -0.1) is 0 Å². The minimum Gasteiger partial charge on any atom is -0.508 e. The Kier molecular flexibility index (Phi) is 9.69. The number of rotatable bonds is 8. The first-order valence-electron chi connectivity index (χ1n) is 16.3. The summed E-state index contributed by atoms with van der Waals surface area (Å²) in [6, 6.07) is 9.60. The fraction of sp³-hybridized carbons (Fsp3) is 0.471. The quantitative estimate of drug-likeness (QED) is 0.169. The number of phenolic OH excluding ortho intramolecular Hbond substituents is 1. The van der Waals surface area contributed by atoms with Gasteiger partial charge >= 0.3 is 0 Å². The minimum atomic E-state index is -1.27. The summed E-state index contributed by atoms with van der Waals surface area (Å²) in [5, 5.41) is 22.1. The largest absolute Gasteiger partial charge is 0.508 e. The van der Waals surface area contributed by atoms with Crippen molar-refractivity contribution in [1.29, 1.82) is 0 Å². The number of fused-ring (bicyclic) bond motifs is 4. The van der Waals surface area contributed by atoms with Gasteiger partial charge in [0.15, 0.2) is 18.2 Å². The zero-order chi connectivity index (χ0) is 34.0. The molecular weight excluding hydrogens is 620 g/mol. The third-order valence-electron chi connectivity index (χ3n) is 8.94. The van der Waals surface area contributed by atoms with Crippen molar-refractivity contribution in [3.05, 3.63) is 65.9 Å². The molecule has 0 saturated carbocycles. The predicted octanol–water partition coefficient (Wildman–Crippen LogP) is 0.617. The van der Waals surface area contributed by atoms with Gasteiger partial charge in [0.05, 0.1) is 6.04 Å². The zero-order valence-electron chi connectivity index (χ0n) is 26.9. The van der Waals surface area contributed by atoms with E-state index in [-0.39, 0.29) is 25.0 Å². The van der Waals surface area contributed by atoms with E-state index in [1.54, 1.807) is 32.2 Å². The maximum absolute atomic E-state index is 14.1. The molecule has 3 saturated heterocycles. The van der Waals surface area contributed by atoms with Gasteiger partial charge in [0.2, 0.25) is 17.7 Å². The predicted molar refractivity (Wildman–Crippen MR) is 173 cm³/mol. The Morgan fingerprint density at radius 1 is 0.792 bits per heavy atom. The number of unbranched alkanes of at least 4 members (excludes halogenated alkanes) is 1. The van der Waals surface area contributed by atoms with Crippen LogP contribution >= 0.6 is 0 Å². The SMILES string of the molecule is CC1(C)OC2[C@H](O[C@@H]3C(=O)NC(Cc4ccc(O)cc4)C(=O)N[C@@H](Cc4c[nH]c5ccccc45)C(=O)NC(CCCCN)C(=O)N[C@@H]23)O1. The van der Waals surface area contributed by atoms with E-state index in [0.29, 0.717) is 24.9 Å². The summed E-state index contributed by atoms with van der Waals surface area (Å²) in [5.41, 5.74) is 8.03. The molecule has 3 aromatic rings. The van der Waals surface area contributed by atoms with E-state index in [9.17, 15) is 24.3 Å². The number of ether oxygens (including phenoxy) is 3. The lowest BCUT2D eigenvalue weighted by molar-refractivity contribution is -0.208. The average Bonchev–Trinajstić information content (AvgIpc) is 3.70. The first kappa shape index (κ1) is 33.4. The van der Waals surface area contributed by atoms with Crippen LogP contribution in [0, 0.1) is 0 Å². The van der Waals surface area contributed by atoms with Crippen molar-refractivity contribution in [1.82, 2.24) is 26.3 Å². The van der Waals surface area contributed by atoms with Crippen molar-refractivity contribution in [2.75, 3.05) is 6.54 Å². The number of nitrogens with two attached hydrogens (primary N) is 1. The van der Waals surface area contributed by atoms with E-state index in [1.165, 1.54) is 12.1 Å². The van der Waals surface area contributed by atoms with Gasteiger partial charge < -0.3 is 51.3 Å². The van der Waals surface area contributed by atoms with E-state index in [2.05, 4.69) is 26.3 Å². The number of aromatic hydroxyl groups is 1. The summed E-state index contributed by atoms with van der Waals surface area (Å²) >= 11 is 0. The number of amides is 4. The smallest absolute Gasteiger partial charge is 0.252 e. The third kappa shape index (κ3) is 7.31. The number of hydrogen-bond acceptors (Lipinski definition) is 9. The molecule has 3 unspecified atom stereocenters. The molecule has 14 nitrogen and oxygen atoms in total. The molecule has 3 aliphatic rings. The number of aromatic nitrogens is 1. The van der Waals surface area contributed by atoms with Gasteiger partial charge in [-0.1, -0.05) is 30.3 Å². The molecule has 1 aromatic heterocycles. The number of carbonyl (C=O) groups is 4. The van der Waals surface area contributed by atoms with Gasteiger partial charge in [0.1, 0.15) is 30.0 Å². The molecular formula is C34H42N6O8. The Labute approximate surface area is 277 Å². The number of H-pyrrole nitrogens is 1. The van der Waals surface area contributed by atoms with Crippen LogP contribution < -0.4 is 27.0 Å². The van der Waals surface area contributed by atoms with Crippen LogP contribution in [0.15, 0.2) is 54.7 Å². The molecule has 256 valence electrons. The molecule has 0 spiro atoms. The highest BCUT2D eigenvalue weighted by atomic mass is 16.8. The summed E-state index contributed by atoms with van der Waals surface area (Å²) in [6.07, 6.45) is 0.328. The molecule has 0 radical (unpaired) electrons. The van der Waals surface area contributed by atoms with Crippen molar-refractivity contribution in [3.8, 4) is 5.75 Å². The highest BCUT2D eigenvalue weighted by Gasteiger charge is 2.57. The van der Waals surface area contributed by atoms with Gasteiger partial charge in [-0.2, -0.15) is 0 Å².